The summed E-state index contributed by atoms with van der Waals surface area (Å²) in [6.07, 6.45) is -2.53. The third-order valence-corrected chi connectivity index (χ3v) is 4.51. The molecule has 2 atom stereocenters. The number of aromatic nitrogens is 1. The number of aryl methyl sites for hydroxylation is 1. The van der Waals surface area contributed by atoms with E-state index in [2.05, 4.69) is 11.6 Å². The SMILES string of the molecule is C=CC(=O)OC1(c2cnc(C)s2)CC1(C)C(F)(F)F. The van der Waals surface area contributed by atoms with Gasteiger partial charge in [-0.25, -0.2) is 9.78 Å². The fourth-order valence-electron chi connectivity index (χ4n) is 2.10. The highest BCUT2D eigenvalue weighted by Crippen LogP contribution is 2.72. The van der Waals surface area contributed by atoms with Crippen LogP contribution in [-0.4, -0.2) is 17.1 Å². The molecule has 19 heavy (non-hydrogen) atoms. The van der Waals surface area contributed by atoms with Gasteiger partial charge in [0.1, 0.15) is 5.41 Å². The van der Waals surface area contributed by atoms with Crippen LogP contribution in [0.1, 0.15) is 23.2 Å². The molecule has 104 valence electrons. The lowest BCUT2D eigenvalue weighted by atomic mass is 10.0. The predicted molar refractivity (Wildman–Crippen MR) is 63.6 cm³/mol. The number of alkyl halides is 3. The minimum Gasteiger partial charge on any atom is -0.449 e. The van der Waals surface area contributed by atoms with Crippen molar-refractivity contribution in [2.45, 2.75) is 32.0 Å². The number of halogens is 3. The average Bonchev–Trinajstić information content (AvgIpc) is 2.69. The number of esters is 1. The summed E-state index contributed by atoms with van der Waals surface area (Å²) >= 11 is 1.11. The van der Waals surface area contributed by atoms with Gasteiger partial charge in [0.05, 0.1) is 9.88 Å². The largest absolute Gasteiger partial charge is 0.449 e. The molecule has 1 aromatic rings. The number of carbonyl (C=O) groups is 1. The predicted octanol–water partition coefficient (Wildman–Crippen LogP) is 3.35. The van der Waals surface area contributed by atoms with Crippen LogP contribution in [0.3, 0.4) is 0 Å². The standard InChI is InChI=1S/C12H12F3NO2S/c1-4-9(17)18-11(8-5-16-7(2)19-8)6-10(11,3)12(13,14)15/h4-5H,1,6H2,2-3H3. The Morgan fingerprint density at radius 3 is 2.63 bits per heavy atom. The molecule has 0 amide bonds. The third-order valence-electron chi connectivity index (χ3n) is 3.46. The summed E-state index contributed by atoms with van der Waals surface area (Å²) in [5.74, 6) is -0.862. The van der Waals surface area contributed by atoms with Crippen LogP contribution in [0.4, 0.5) is 13.2 Å². The smallest absolute Gasteiger partial charge is 0.398 e. The Morgan fingerprint density at radius 2 is 2.26 bits per heavy atom. The highest BCUT2D eigenvalue weighted by Gasteiger charge is 2.81. The Bertz CT molecular complexity index is 539. The van der Waals surface area contributed by atoms with Gasteiger partial charge < -0.3 is 4.74 Å². The lowest BCUT2D eigenvalue weighted by molar-refractivity contribution is -0.207. The number of hydrogen-bond acceptors (Lipinski definition) is 4. The summed E-state index contributed by atoms with van der Waals surface area (Å²) in [6.45, 7) is 5.95. The van der Waals surface area contributed by atoms with Crippen LogP contribution in [0.15, 0.2) is 18.9 Å². The number of rotatable bonds is 3. The van der Waals surface area contributed by atoms with Gasteiger partial charge >= 0.3 is 12.1 Å². The van der Waals surface area contributed by atoms with E-state index in [1.54, 1.807) is 6.92 Å². The van der Waals surface area contributed by atoms with Gasteiger partial charge in [0, 0.05) is 18.7 Å². The van der Waals surface area contributed by atoms with Crippen molar-refractivity contribution < 1.29 is 22.7 Å². The summed E-state index contributed by atoms with van der Waals surface area (Å²) in [7, 11) is 0. The Kier molecular flexibility index (Phi) is 3.00. The molecule has 0 N–H and O–H groups in total. The highest BCUT2D eigenvalue weighted by atomic mass is 32.1. The Balaban J connectivity index is 2.43. The number of nitrogens with zero attached hydrogens (tertiary/aromatic N) is 1. The normalized spacial score (nSPS) is 29.9. The first-order valence-electron chi connectivity index (χ1n) is 5.51. The summed E-state index contributed by atoms with van der Waals surface area (Å²) in [6, 6.07) is 0. The molecule has 0 aromatic carbocycles. The number of carbonyl (C=O) groups excluding carboxylic acids is 1. The molecule has 1 fully saturated rings. The van der Waals surface area contributed by atoms with E-state index in [0.29, 0.717) is 9.88 Å². The summed E-state index contributed by atoms with van der Waals surface area (Å²) in [4.78, 5) is 15.6. The quantitative estimate of drug-likeness (QED) is 0.633. The monoisotopic (exact) mass is 291 g/mol. The van der Waals surface area contributed by atoms with Crippen LogP contribution in [0.25, 0.3) is 0 Å². The molecule has 0 bridgehead atoms. The zero-order chi connectivity index (χ0) is 14.5. The van der Waals surface area contributed by atoms with Crippen molar-refractivity contribution in [3.05, 3.63) is 28.7 Å². The Hall–Kier alpha value is -1.37. The van der Waals surface area contributed by atoms with Crippen molar-refractivity contribution in [3.63, 3.8) is 0 Å². The fourth-order valence-corrected chi connectivity index (χ4v) is 3.14. The van der Waals surface area contributed by atoms with Gasteiger partial charge in [-0.1, -0.05) is 6.58 Å². The van der Waals surface area contributed by atoms with Crippen molar-refractivity contribution >= 4 is 17.3 Å². The molecule has 1 aromatic heterocycles. The van der Waals surface area contributed by atoms with E-state index in [-0.39, 0.29) is 6.42 Å². The topological polar surface area (TPSA) is 39.2 Å². The zero-order valence-electron chi connectivity index (χ0n) is 10.4. The first-order chi connectivity index (χ1) is 8.66. The molecule has 1 aliphatic carbocycles. The van der Waals surface area contributed by atoms with Crippen molar-refractivity contribution in [1.29, 1.82) is 0 Å². The third kappa shape index (κ3) is 1.96. The van der Waals surface area contributed by atoms with Crippen molar-refractivity contribution in [2.75, 3.05) is 0 Å². The Morgan fingerprint density at radius 1 is 1.63 bits per heavy atom. The molecule has 0 aliphatic heterocycles. The van der Waals surface area contributed by atoms with Crippen molar-refractivity contribution in [3.8, 4) is 0 Å². The molecule has 3 nitrogen and oxygen atoms in total. The number of thiazole rings is 1. The Labute approximate surface area is 112 Å². The van der Waals surface area contributed by atoms with Crippen LogP contribution < -0.4 is 0 Å². The average molecular weight is 291 g/mol. The van der Waals surface area contributed by atoms with Crippen molar-refractivity contribution in [2.24, 2.45) is 5.41 Å². The minimum atomic E-state index is -4.45. The molecule has 2 unspecified atom stereocenters. The van der Waals surface area contributed by atoms with Gasteiger partial charge in [-0.15, -0.1) is 11.3 Å². The lowest BCUT2D eigenvalue weighted by Gasteiger charge is -2.23. The van der Waals surface area contributed by atoms with Gasteiger partial charge in [0.25, 0.3) is 0 Å². The number of hydrogen-bond donors (Lipinski definition) is 0. The van der Waals surface area contributed by atoms with E-state index >= 15 is 0 Å². The van der Waals surface area contributed by atoms with Gasteiger partial charge in [-0.3, -0.25) is 0 Å². The summed E-state index contributed by atoms with van der Waals surface area (Å²) in [5, 5.41) is 0.625. The highest BCUT2D eigenvalue weighted by molar-refractivity contribution is 7.11. The maximum absolute atomic E-state index is 13.1. The van der Waals surface area contributed by atoms with E-state index < -0.39 is 23.2 Å². The van der Waals surface area contributed by atoms with Crippen LogP contribution in [0.2, 0.25) is 0 Å². The maximum Gasteiger partial charge on any atom is 0.398 e. The molecule has 0 spiro atoms. The zero-order valence-corrected chi connectivity index (χ0v) is 11.2. The van der Waals surface area contributed by atoms with E-state index in [9.17, 15) is 18.0 Å². The minimum absolute atomic E-state index is 0.287. The van der Waals surface area contributed by atoms with E-state index in [4.69, 9.17) is 4.74 Å². The van der Waals surface area contributed by atoms with Gasteiger partial charge in [0.15, 0.2) is 5.60 Å². The van der Waals surface area contributed by atoms with Crippen LogP contribution in [0.5, 0.6) is 0 Å². The van der Waals surface area contributed by atoms with Crippen LogP contribution in [-0.2, 0) is 15.1 Å². The summed E-state index contributed by atoms with van der Waals surface area (Å²) < 4.78 is 44.4. The molecule has 1 heterocycles. The molecule has 1 aliphatic rings. The molecule has 0 saturated heterocycles. The van der Waals surface area contributed by atoms with Gasteiger partial charge in [-0.2, -0.15) is 13.2 Å². The molecule has 7 heteroatoms. The molecule has 1 saturated carbocycles. The first-order valence-corrected chi connectivity index (χ1v) is 6.33. The maximum atomic E-state index is 13.1. The summed E-state index contributed by atoms with van der Waals surface area (Å²) in [5.41, 5.74) is -3.74. The molecule has 0 radical (unpaired) electrons. The second kappa shape index (κ2) is 4.06. The van der Waals surface area contributed by atoms with Crippen molar-refractivity contribution in [1.82, 2.24) is 4.98 Å². The van der Waals surface area contributed by atoms with E-state index in [0.717, 1.165) is 24.3 Å². The first kappa shape index (κ1) is 14.0. The van der Waals surface area contributed by atoms with Crippen LogP contribution >= 0.6 is 11.3 Å². The lowest BCUT2D eigenvalue weighted by Crippen LogP contribution is -2.32. The second-order valence-corrected chi connectivity index (χ2v) is 5.94. The number of ether oxygens (including phenoxy) is 1. The van der Waals surface area contributed by atoms with Crippen LogP contribution in [0, 0.1) is 12.3 Å². The van der Waals surface area contributed by atoms with E-state index in [1.165, 1.54) is 6.20 Å². The van der Waals surface area contributed by atoms with Gasteiger partial charge in [0.2, 0.25) is 0 Å². The fraction of sp³-hybridized carbons (Fsp3) is 0.500. The van der Waals surface area contributed by atoms with Gasteiger partial charge in [-0.05, 0) is 13.8 Å². The molecular formula is C12H12F3NO2S. The molecular weight excluding hydrogens is 279 g/mol. The molecule has 2 rings (SSSR count). The second-order valence-electron chi connectivity index (χ2n) is 4.70. The van der Waals surface area contributed by atoms with E-state index in [1.807, 2.05) is 0 Å².